The Bertz CT molecular complexity index is 556. The van der Waals surface area contributed by atoms with E-state index in [4.69, 9.17) is 0 Å². The minimum absolute atomic E-state index is 0.0822. The lowest BCUT2D eigenvalue weighted by Crippen LogP contribution is -2.44. The van der Waals surface area contributed by atoms with Gasteiger partial charge in [-0.15, -0.1) is 0 Å². The summed E-state index contributed by atoms with van der Waals surface area (Å²) >= 11 is 3.02. The van der Waals surface area contributed by atoms with Gasteiger partial charge in [-0.05, 0) is 47.0 Å². The molecule has 0 saturated heterocycles. The molecule has 0 radical (unpaired) electrons. The van der Waals surface area contributed by atoms with Crippen LogP contribution >= 0.6 is 15.9 Å². The molecule has 0 bridgehead atoms. The first-order valence-electron chi connectivity index (χ1n) is 6.91. The molecular weight excluding hydrogens is 341 g/mol. The molecule has 0 aromatic heterocycles. The van der Waals surface area contributed by atoms with Gasteiger partial charge in [-0.25, -0.2) is 4.39 Å². The monoisotopic (exact) mass is 357 g/mol. The predicted molar refractivity (Wildman–Crippen MR) is 79.6 cm³/mol. The predicted octanol–water partition coefficient (Wildman–Crippen LogP) is 3.35. The van der Waals surface area contributed by atoms with Crippen LogP contribution in [0.2, 0.25) is 0 Å². The SMILES string of the molecule is O=C(NCC1(C(=O)O)CCCCC1)c1ccc(Br)c(F)c1. The Balaban J connectivity index is 2.05. The van der Waals surface area contributed by atoms with E-state index in [9.17, 15) is 19.1 Å². The molecule has 1 amide bonds. The Morgan fingerprint density at radius 1 is 1.29 bits per heavy atom. The highest BCUT2D eigenvalue weighted by Gasteiger charge is 2.39. The fourth-order valence-electron chi connectivity index (χ4n) is 2.68. The van der Waals surface area contributed by atoms with Crippen LogP contribution in [0.5, 0.6) is 0 Å². The number of nitrogens with one attached hydrogen (secondary N) is 1. The normalized spacial score (nSPS) is 17.2. The maximum Gasteiger partial charge on any atom is 0.311 e. The van der Waals surface area contributed by atoms with Crippen LogP contribution in [0.15, 0.2) is 22.7 Å². The van der Waals surface area contributed by atoms with Crippen molar-refractivity contribution in [2.24, 2.45) is 5.41 Å². The van der Waals surface area contributed by atoms with E-state index in [0.717, 1.165) is 25.3 Å². The molecular formula is C15H17BrFNO3. The third kappa shape index (κ3) is 3.61. The summed E-state index contributed by atoms with van der Waals surface area (Å²) in [5.41, 5.74) is -0.700. The van der Waals surface area contributed by atoms with Crippen molar-refractivity contribution in [2.45, 2.75) is 32.1 Å². The van der Waals surface area contributed by atoms with Gasteiger partial charge in [0.15, 0.2) is 0 Å². The van der Waals surface area contributed by atoms with Gasteiger partial charge in [-0.1, -0.05) is 19.3 Å². The number of hydrogen-bond acceptors (Lipinski definition) is 2. The number of amides is 1. The highest BCUT2D eigenvalue weighted by atomic mass is 79.9. The van der Waals surface area contributed by atoms with E-state index in [2.05, 4.69) is 21.2 Å². The molecule has 1 aliphatic rings. The quantitative estimate of drug-likeness (QED) is 0.868. The number of rotatable bonds is 4. The second-order valence-electron chi connectivity index (χ2n) is 5.46. The summed E-state index contributed by atoms with van der Waals surface area (Å²) in [5.74, 6) is -1.84. The van der Waals surface area contributed by atoms with Crippen molar-refractivity contribution in [3.63, 3.8) is 0 Å². The van der Waals surface area contributed by atoms with Crippen molar-refractivity contribution in [1.29, 1.82) is 0 Å². The number of carboxylic acid groups (broad SMARTS) is 1. The number of halogens is 2. The molecule has 0 heterocycles. The van der Waals surface area contributed by atoms with Crippen LogP contribution < -0.4 is 5.32 Å². The Hall–Kier alpha value is -1.43. The molecule has 4 nitrogen and oxygen atoms in total. The van der Waals surface area contributed by atoms with Gasteiger partial charge >= 0.3 is 5.97 Å². The van der Waals surface area contributed by atoms with Gasteiger partial charge in [0.1, 0.15) is 5.82 Å². The average Bonchev–Trinajstić information content (AvgIpc) is 2.48. The Morgan fingerprint density at radius 2 is 1.95 bits per heavy atom. The van der Waals surface area contributed by atoms with Crippen LogP contribution in [0.25, 0.3) is 0 Å². The number of benzene rings is 1. The number of aliphatic carboxylic acids is 1. The molecule has 1 aromatic rings. The maximum absolute atomic E-state index is 13.4. The van der Waals surface area contributed by atoms with E-state index in [-0.39, 0.29) is 16.6 Å². The van der Waals surface area contributed by atoms with E-state index < -0.39 is 23.1 Å². The summed E-state index contributed by atoms with van der Waals surface area (Å²) in [5, 5.41) is 12.1. The lowest BCUT2D eigenvalue weighted by atomic mass is 9.74. The first-order chi connectivity index (χ1) is 9.94. The molecule has 2 rings (SSSR count). The molecule has 0 unspecified atom stereocenters. The minimum Gasteiger partial charge on any atom is -0.481 e. The standard InChI is InChI=1S/C15H17BrFNO3/c16-11-5-4-10(8-12(11)17)13(19)18-9-15(14(20)21)6-2-1-3-7-15/h4-5,8H,1-3,6-7,9H2,(H,18,19)(H,20,21). The topological polar surface area (TPSA) is 66.4 Å². The Labute approximate surface area is 130 Å². The molecule has 0 spiro atoms. The molecule has 1 aromatic carbocycles. The molecule has 1 saturated carbocycles. The van der Waals surface area contributed by atoms with Gasteiger partial charge in [0.05, 0.1) is 9.89 Å². The fraction of sp³-hybridized carbons (Fsp3) is 0.467. The highest BCUT2D eigenvalue weighted by Crippen LogP contribution is 2.36. The van der Waals surface area contributed by atoms with Gasteiger partial charge in [0.2, 0.25) is 0 Å². The zero-order valence-electron chi connectivity index (χ0n) is 11.5. The van der Waals surface area contributed by atoms with Gasteiger partial charge in [-0.2, -0.15) is 0 Å². The lowest BCUT2D eigenvalue weighted by molar-refractivity contribution is -0.150. The van der Waals surface area contributed by atoms with Crippen LogP contribution in [0.3, 0.4) is 0 Å². The van der Waals surface area contributed by atoms with Crippen LogP contribution in [-0.2, 0) is 4.79 Å². The van der Waals surface area contributed by atoms with Crippen LogP contribution in [0.4, 0.5) is 4.39 Å². The van der Waals surface area contributed by atoms with Crippen molar-refractivity contribution in [3.05, 3.63) is 34.1 Å². The van der Waals surface area contributed by atoms with Crippen molar-refractivity contribution in [1.82, 2.24) is 5.32 Å². The van der Waals surface area contributed by atoms with Crippen LogP contribution in [-0.4, -0.2) is 23.5 Å². The Kier molecular flexibility index (Phi) is 4.98. The summed E-state index contributed by atoms with van der Waals surface area (Å²) in [6.07, 6.45) is 3.87. The zero-order chi connectivity index (χ0) is 15.5. The summed E-state index contributed by atoms with van der Waals surface area (Å²) < 4.78 is 13.7. The van der Waals surface area contributed by atoms with E-state index in [0.29, 0.717) is 12.8 Å². The molecule has 2 N–H and O–H groups in total. The molecule has 6 heteroatoms. The summed E-state index contributed by atoms with van der Waals surface area (Å²) in [6.45, 7) is 0.0822. The van der Waals surface area contributed by atoms with E-state index >= 15 is 0 Å². The molecule has 114 valence electrons. The number of carbonyl (C=O) groups is 2. The van der Waals surface area contributed by atoms with Crippen molar-refractivity contribution in [3.8, 4) is 0 Å². The minimum atomic E-state index is -0.887. The summed E-state index contributed by atoms with van der Waals surface area (Å²) in [4.78, 5) is 23.5. The van der Waals surface area contributed by atoms with Crippen molar-refractivity contribution >= 4 is 27.8 Å². The number of hydrogen-bond donors (Lipinski definition) is 2. The fourth-order valence-corrected chi connectivity index (χ4v) is 2.93. The van der Waals surface area contributed by atoms with E-state index in [1.54, 1.807) is 0 Å². The first kappa shape index (κ1) is 15.9. The van der Waals surface area contributed by atoms with Gasteiger partial charge in [0, 0.05) is 12.1 Å². The third-order valence-electron chi connectivity index (χ3n) is 4.03. The first-order valence-corrected chi connectivity index (χ1v) is 7.71. The number of carbonyl (C=O) groups excluding carboxylic acids is 1. The van der Waals surface area contributed by atoms with Gasteiger partial charge in [0.25, 0.3) is 5.91 Å². The average molecular weight is 358 g/mol. The molecule has 0 atom stereocenters. The lowest BCUT2D eigenvalue weighted by Gasteiger charge is -2.33. The molecule has 1 aliphatic carbocycles. The van der Waals surface area contributed by atoms with E-state index in [1.165, 1.54) is 12.1 Å². The number of carboxylic acids is 1. The van der Waals surface area contributed by atoms with Crippen LogP contribution in [0, 0.1) is 11.2 Å². The second-order valence-corrected chi connectivity index (χ2v) is 6.31. The van der Waals surface area contributed by atoms with Gasteiger partial charge < -0.3 is 10.4 Å². The maximum atomic E-state index is 13.4. The van der Waals surface area contributed by atoms with Crippen molar-refractivity contribution < 1.29 is 19.1 Å². The molecule has 1 fully saturated rings. The third-order valence-corrected chi connectivity index (χ3v) is 4.68. The molecule has 0 aliphatic heterocycles. The largest absolute Gasteiger partial charge is 0.481 e. The summed E-state index contributed by atoms with van der Waals surface area (Å²) in [7, 11) is 0. The van der Waals surface area contributed by atoms with Crippen LogP contribution in [0.1, 0.15) is 42.5 Å². The second kappa shape index (κ2) is 6.56. The zero-order valence-corrected chi connectivity index (χ0v) is 13.1. The smallest absolute Gasteiger partial charge is 0.311 e. The summed E-state index contributed by atoms with van der Waals surface area (Å²) in [6, 6.07) is 4.09. The van der Waals surface area contributed by atoms with Gasteiger partial charge in [-0.3, -0.25) is 9.59 Å². The Morgan fingerprint density at radius 3 is 2.52 bits per heavy atom. The highest BCUT2D eigenvalue weighted by molar-refractivity contribution is 9.10. The van der Waals surface area contributed by atoms with Crippen molar-refractivity contribution in [2.75, 3.05) is 6.54 Å². The molecule has 21 heavy (non-hydrogen) atoms. The van der Waals surface area contributed by atoms with E-state index in [1.807, 2.05) is 0 Å².